The predicted octanol–water partition coefficient (Wildman–Crippen LogP) is 3.93. The van der Waals surface area contributed by atoms with Gasteiger partial charge >= 0.3 is 0 Å². The number of hydrogen-bond acceptors (Lipinski definition) is 4. The average Bonchev–Trinajstić information content (AvgIpc) is 2.70. The highest BCUT2D eigenvalue weighted by molar-refractivity contribution is 7.22. The summed E-state index contributed by atoms with van der Waals surface area (Å²) in [6.07, 6.45) is 2.04. The monoisotopic (exact) mass is 282 g/mol. The van der Waals surface area contributed by atoms with Gasteiger partial charge in [-0.1, -0.05) is 22.9 Å². The molecule has 0 spiro atoms. The third kappa shape index (κ3) is 2.46. The minimum absolute atomic E-state index is 0.0932. The molecule has 1 N–H and O–H groups in total. The zero-order valence-electron chi connectivity index (χ0n) is 10.2. The molecule has 0 unspecified atom stereocenters. The van der Waals surface area contributed by atoms with Gasteiger partial charge in [0, 0.05) is 23.8 Å². The van der Waals surface area contributed by atoms with E-state index >= 15 is 0 Å². The molecule has 96 valence electrons. The minimum Gasteiger partial charge on any atom is -0.381 e. The number of nitrogens with one attached hydrogen (secondary N) is 1. The molecule has 1 aliphatic heterocycles. The number of fused-ring (bicyclic) bond motifs is 1. The summed E-state index contributed by atoms with van der Waals surface area (Å²) >= 11 is 7.65. The largest absolute Gasteiger partial charge is 0.381 e. The van der Waals surface area contributed by atoms with Gasteiger partial charge in [-0.25, -0.2) is 4.98 Å². The Balaban J connectivity index is 1.86. The van der Waals surface area contributed by atoms with Crippen LogP contribution in [-0.2, 0) is 4.74 Å². The Morgan fingerprint density at radius 1 is 1.39 bits per heavy atom. The van der Waals surface area contributed by atoms with Gasteiger partial charge in [-0.2, -0.15) is 0 Å². The lowest BCUT2D eigenvalue weighted by Gasteiger charge is -2.34. The molecule has 1 aromatic carbocycles. The first-order chi connectivity index (χ1) is 8.65. The van der Waals surface area contributed by atoms with Gasteiger partial charge in [0.25, 0.3) is 0 Å². The molecule has 1 aliphatic rings. The Kier molecular flexibility index (Phi) is 3.18. The van der Waals surface area contributed by atoms with Crippen LogP contribution in [0, 0.1) is 0 Å². The number of nitrogens with zero attached hydrogens (tertiary/aromatic N) is 1. The second kappa shape index (κ2) is 4.68. The first kappa shape index (κ1) is 12.2. The number of ether oxygens (including phenoxy) is 1. The van der Waals surface area contributed by atoms with Crippen LogP contribution >= 0.6 is 22.9 Å². The van der Waals surface area contributed by atoms with Crippen LogP contribution in [0.3, 0.4) is 0 Å². The summed E-state index contributed by atoms with van der Waals surface area (Å²) in [6.45, 7) is 3.87. The SMILES string of the molecule is CC1(Nc2nc3ccc(Cl)cc3s2)CCOCC1. The highest BCUT2D eigenvalue weighted by atomic mass is 35.5. The van der Waals surface area contributed by atoms with Crippen LogP contribution in [0.5, 0.6) is 0 Å². The number of hydrogen-bond donors (Lipinski definition) is 1. The Bertz CT molecular complexity index is 563. The van der Waals surface area contributed by atoms with Gasteiger partial charge in [-0.3, -0.25) is 0 Å². The first-order valence-electron chi connectivity index (χ1n) is 6.07. The molecule has 2 heterocycles. The Morgan fingerprint density at radius 3 is 2.94 bits per heavy atom. The van der Waals surface area contributed by atoms with Gasteiger partial charge < -0.3 is 10.1 Å². The van der Waals surface area contributed by atoms with Crippen LogP contribution in [0.4, 0.5) is 5.13 Å². The molecular formula is C13H15ClN2OS. The predicted molar refractivity (Wildman–Crippen MR) is 76.7 cm³/mol. The van der Waals surface area contributed by atoms with Gasteiger partial charge in [0.2, 0.25) is 0 Å². The molecule has 0 aliphatic carbocycles. The maximum absolute atomic E-state index is 5.99. The maximum atomic E-state index is 5.99. The van der Waals surface area contributed by atoms with Crippen molar-refractivity contribution in [3.63, 3.8) is 0 Å². The van der Waals surface area contributed by atoms with E-state index in [-0.39, 0.29) is 5.54 Å². The number of aromatic nitrogens is 1. The minimum atomic E-state index is 0.0932. The lowest BCUT2D eigenvalue weighted by atomic mass is 9.93. The fraction of sp³-hybridized carbons (Fsp3) is 0.462. The van der Waals surface area contributed by atoms with Crippen LogP contribution in [0.15, 0.2) is 18.2 Å². The second-order valence-electron chi connectivity index (χ2n) is 4.93. The Morgan fingerprint density at radius 2 is 2.17 bits per heavy atom. The fourth-order valence-corrected chi connectivity index (χ4v) is 3.45. The second-order valence-corrected chi connectivity index (χ2v) is 6.40. The van der Waals surface area contributed by atoms with Crippen molar-refractivity contribution in [1.82, 2.24) is 4.98 Å². The molecule has 3 nitrogen and oxygen atoms in total. The standard InChI is InChI=1S/C13H15ClN2OS/c1-13(4-6-17-7-5-13)16-12-15-10-3-2-9(14)8-11(10)18-12/h2-3,8H,4-7H2,1H3,(H,15,16). The van der Waals surface area contributed by atoms with E-state index in [1.54, 1.807) is 11.3 Å². The molecule has 1 aromatic heterocycles. The fourth-order valence-electron chi connectivity index (χ4n) is 2.16. The van der Waals surface area contributed by atoms with E-state index in [2.05, 4.69) is 17.2 Å². The van der Waals surface area contributed by atoms with Crippen molar-refractivity contribution in [2.24, 2.45) is 0 Å². The Labute approximate surface area is 115 Å². The van der Waals surface area contributed by atoms with Crippen LogP contribution in [0.2, 0.25) is 5.02 Å². The molecule has 5 heteroatoms. The maximum Gasteiger partial charge on any atom is 0.184 e. The summed E-state index contributed by atoms with van der Waals surface area (Å²) in [7, 11) is 0. The average molecular weight is 283 g/mol. The van der Waals surface area contributed by atoms with Crippen LogP contribution < -0.4 is 5.32 Å². The summed E-state index contributed by atoms with van der Waals surface area (Å²) in [6, 6.07) is 5.81. The summed E-state index contributed by atoms with van der Waals surface area (Å²) in [5, 5.41) is 5.28. The number of halogens is 1. The van der Waals surface area contributed by atoms with E-state index in [9.17, 15) is 0 Å². The Hall–Kier alpha value is -0.840. The third-order valence-electron chi connectivity index (χ3n) is 3.36. The summed E-state index contributed by atoms with van der Waals surface area (Å²) < 4.78 is 6.53. The topological polar surface area (TPSA) is 34.2 Å². The van der Waals surface area contributed by atoms with E-state index in [0.29, 0.717) is 0 Å². The molecule has 2 aromatic rings. The van der Waals surface area contributed by atoms with Crippen LogP contribution in [0.25, 0.3) is 10.2 Å². The zero-order chi connectivity index (χ0) is 12.6. The van der Waals surface area contributed by atoms with Gasteiger partial charge in [0.05, 0.1) is 10.2 Å². The lowest BCUT2D eigenvalue weighted by molar-refractivity contribution is 0.0658. The van der Waals surface area contributed by atoms with E-state index < -0.39 is 0 Å². The van der Waals surface area contributed by atoms with Gasteiger partial charge in [0.1, 0.15) is 0 Å². The van der Waals surface area contributed by atoms with Crippen molar-refractivity contribution in [2.45, 2.75) is 25.3 Å². The normalized spacial score (nSPS) is 19.0. The van der Waals surface area contributed by atoms with Crippen LogP contribution in [0.1, 0.15) is 19.8 Å². The number of rotatable bonds is 2. The van der Waals surface area contributed by atoms with E-state index in [0.717, 1.165) is 46.4 Å². The van der Waals surface area contributed by atoms with Crippen molar-refractivity contribution in [1.29, 1.82) is 0 Å². The molecular weight excluding hydrogens is 268 g/mol. The van der Waals surface area contributed by atoms with Gasteiger partial charge in [-0.05, 0) is 38.0 Å². The van der Waals surface area contributed by atoms with E-state index in [1.807, 2.05) is 18.2 Å². The number of anilines is 1. The van der Waals surface area contributed by atoms with Crippen LogP contribution in [-0.4, -0.2) is 23.7 Å². The van der Waals surface area contributed by atoms with Gasteiger partial charge in [-0.15, -0.1) is 0 Å². The number of benzene rings is 1. The highest BCUT2D eigenvalue weighted by Crippen LogP contribution is 2.32. The molecule has 0 atom stereocenters. The molecule has 0 radical (unpaired) electrons. The molecule has 18 heavy (non-hydrogen) atoms. The third-order valence-corrected chi connectivity index (χ3v) is 4.52. The van der Waals surface area contributed by atoms with Crippen molar-refractivity contribution < 1.29 is 4.74 Å². The number of thiazole rings is 1. The first-order valence-corrected chi connectivity index (χ1v) is 7.26. The molecule has 0 bridgehead atoms. The summed E-state index contributed by atoms with van der Waals surface area (Å²) in [4.78, 5) is 4.60. The summed E-state index contributed by atoms with van der Waals surface area (Å²) in [5.41, 5.74) is 1.10. The highest BCUT2D eigenvalue weighted by Gasteiger charge is 2.27. The van der Waals surface area contributed by atoms with Gasteiger partial charge in [0.15, 0.2) is 5.13 Å². The molecule has 0 saturated carbocycles. The van der Waals surface area contributed by atoms with E-state index in [1.165, 1.54) is 0 Å². The molecule has 3 rings (SSSR count). The zero-order valence-corrected chi connectivity index (χ0v) is 11.8. The van der Waals surface area contributed by atoms with Crippen molar-refractivity contribution in [3.05, 3.63) is 23.2 Å². The van der Waals surface area contributed by atoms with Crippen molar-refractivity contribution in [2.75, 3.05) is 18.5 Å². The lowest BCUT2D eigenvalue weighted by Crippen LogP contribution is -2.40. The molecule has 0 amide bonds. The smallest absolute Gasteiger partial charge is 0.184 e. The summed E-state index contributed by atoms with van der Waals surface area (Å²) in [5.74, 6) is 0. The molecule has 1 saturated heterocycles. The van der Waals surface area contributed by atoms with E-state index in [4.69, 9.17) is 16.3 Å². The molecule has 1 fully saturated rings. The van der Waals surface area contributed by atoms with Crippen molar-refractivity contribution in [3.8, 4) is 0 Å². The quantitative estimate of drug-likeness (QED) is 0.906. The van der Waals surface area contributed by atoms with Crippen molar-refractivity contribution >= 4 is 38.3 Å².